The number of nitrogens with zero attached hydrogens (tertiary/aromatic N) is 2. The molecule has 1 unspecified atom stereocenters. The third-order valence-electron chi connectivity index (χ3n) is 5.24. The number of benzene rings is 2. The van der Waals surface area contributed by atoms with Gasteiger partial charge >= 0.3 is 0 Å². The van der Waals surface area contributed by atoms with Gasteiger partial charge in [-0.3, -0.25) is 5.41 Å². The van der Waals surface area contributed by atoms with Crippen molar-refractivity contribution in [3.63, 3.8) is 0 Å². The lowest BCUT2D eigenvalue weighted by Gasteiger charge is -2.27. The highest BCUT2D eigenvalue weighted by Crippen LogP contribution is 2.39. The number of methoxy groups -OCH3 is 2. The first kappa shape index (κ1) is 19.8. The Bertz CT molecular complexity index is 1070. The number of anilines is 1. The van der Waals surface area contributed by atoms with Crippen LogP contribution in [0.4, 0.5) is 5.69 Å². The van der Waals surface area contributed by atoms with Crippen LogP contribution in [0.25, 0.3) is 16.6 Å². The first-order valence-electron chi connectivity index (χ1n) is 9.67. The predicted octanol–water partition coefficient (Wildman–Crippen LogP) is 3.49. The van der Waals surface area contributed by atoms with E-state index >= 15 is 0 Å². The van der Waals surface area contributed by atoms with Crippen molar-refractivity contribution in [3.05, 3.63) is 54.0 Å². The Morgan fingerprint density at radius 1 is 1.13 bits per heavy atom. The minimum absolute atomic E-state index is 0.00758. The highest BCUT2D eigenvalue weighted by Gasteiger charge is 2.39. The van der Waals surface area contributed by atoms with E-state index < -0.39 is 6.04 Å². The molecule has 1 aliphatic heterocycles. The first-order valence-corrected chi connectivity index (χ1v) is 9.67. The monoisotopic (exact) mass is 408 g/mol. The van der Waals surface area contributed by atoms with E-state index in [2.05, 4.69) is 9.97 Å². The molecule has 0 saturated carbocycles. The summed E-state index contributed by atoms with van der Waals surface area (Å²) in [5.74, 6) is 1.76. The molecule has 3 aromatic rings. The summed E-state index contributed by atoms with van der Waals surface area (Å²) >= 11 is 0. The van der Waals surface area contributed by atoms with Crippen LogP contribution in [0.2, 0.25) is 0 Å². The van der Waals surface area contributed by atoms with Gasteiger partial charge < -0.3 is 29.6 Å². The molecule has 156 valence electrons. The maximum Gasteiger partial charge on any atom is 0.145 e. The third-order valence-corrected chi connectivity index (χ3v) is 5.24. The van der Waals surface area contributed by atoms with E-state index in [1.807, 2.05) is 24.3 Å². The van der Waals surface area contributed by atoms with Crippen LogP contribution in [0, 0.1) is 5.41 Å². The Labute approximate surface area is 173 Å². The van der Waals surface area contributed by atoms with Gasteiger partial charge in [-0.25, -0.2) is 4.98 Å². The molecule has 1 atom stereocenters. The van der Waals surface area contributed by atoms with Crippen LogP contribution in [-0.4, -0.2) is 52.9 Å². The van der Waals surface area contributed by atoms with Crippen molar-refractivity contribution < 1.29 is 19.7 Å². The van der Waals surface area contributed by atoms with Gasteiger partial charge in [0.1, 0.15) is 28.9 Å². The van der Waals surface area contributed by atoms with E-state index in [1.165, 1.54) is 0 Å². The number of fused-ring (bicyclic) bond motifs is 1. The van der Waals surface area contributed by atoms with Crippen molar-refractivity contribution in [2.24, 2.45) is 0 Å². The third kappa shape index (κ3) is 3.35. The van der Waals surface area contributed by atoms with Crippen LogP contribution < -0.4 is 14.4 Å². The molecule has 30 heavy (non-hydrogen) atoms. The fourth-order valence-electron chi connectivity index (χ4n) is 3.78. The minimum atomic E-state index is -0.510. The largest absolute Gasteiger partial charge is 0.509 e. The maximum absolute atomic E-state index is 11.1. The predicted molar refractivity (Wildman–Crippen MR) is 116 cm³/mol. The quantitative estimate of drug-likeness (QED) is 0.476. The molecule has 1 aliphatic rings. The summed E-state index contributed by atoms with van der Waals surface area (Å²) in [6, 6.07) is 12.4. The molecule has 1 aromatic heterocycles. The van der Waals surface area contributed by atoms with Crippen LogP contribution in [0.1, 0.15) is 18.7 Å². The summed E-state index contributed by atoms with van der Waals surface area (Å²) in [7, 11) is 3.12. The molecule has 0 saturated heterocycles. The highest BCUT2D eigenvalue weighted by molar-refractivity contribution is 6.31. The van der Waals surface area contributed by atoms with E-state index in [1.54, 1.807) is 37.3 Å². The zero-order valence-electron chi connectivity index (χ0n) is 16.8. The molecule has 0 fully saturated rings. The lowest BCUT2D eigenvalue weighted by atomic mass is 10.1. The van der Waals surface area contributed by atoms with Gasteiger partial charge in [-0.15, -0.1) is 0 Å². The second-order valence-electron chi connectivity index (χ2n) is 7.03. The molecule has 4 rings (SSSR count). The summed E-state index contributed by atoms with van der Waals surface area (Å²) in [5.41, 5.74) is 2.58. The van der Waals surface area contributed by atoms with Gasteiger partial charge in [0.2, 0.25) is 0 Å². The van der Waals surface area contributed by atoms with Crippen LogP contribution in [0.5, 0.6) is 11.5 Å². The zero-order chi connectivity index (χ0) is 21.3. The van der Waals surface area contributed by atoms with Gasteiger partial charge in [0.05, 0.1) is 42.6 Å². The van der Waals surface area contributed by atoms with E-state index in [9.17, 15) is 10.2 Å². The number of H-pyrrole nitrogens is 1. The average Bonchev–Trinajstić information content (AvgIpc) is 3.29. The Balaban J connectivity index is 1.81. The Hall–Kier alpha value is -3.52. The summed E-state index contributed by atoms with van der Waals surface area (Å²) < 4.78 is 10.7. The van der Waals surface area contributed by atoms with Crippen LogP contribution in [0.3, 0.4) is 0 Å². The van der Waals surface area contributed by atoms with Crippen molar-refractivity contribution in [2.45, 2.75) is 18.9 Å². The van der Waals surface area contributed by atoms with Crippen LogP contribution in [-0.2, 0) is 0 Å². The van der Waals surface area contributed by atoms with Gasteiger partial charge in [-0.2, -0.15) is 0 Å². The van der Waals surface area contributed by atoms with E-state index in [0.29, 0.717) is 41.4 Å². The smallest absolute Gasteiger partial charge is 0.145 e. The fraction of sp³-hybridized carbons (Fsp3) is 0.273. The van der Waals surface area contributed by atoms with Crippen molar-refractivity contribution in [2.75, 3.05) is 25.7 Å². The van der Waals surface area contributed by atoms with E-state index in [-0.39, 0.29) is 18.2 Å². The van der Waals surface area contributed by atoms with Crippen molar-refractivity contribution in [1.29, 1.82) is 5.41 Å². The van der Waals surface area contributed by atoms with Crippen LogP contribution in [0.15, 0.2) is 48.2 Å². The standard InChI is InChI=1S/C22H24N4O4/c1-29-14-10-13(11-15(12-14)30-2)26-18(8-5-9-27)20(28)19(21(26)23)22-24-16-6-3-4-7-17(16)25-22/h3-4,6-7,10-12,18,23,27-28H,5,8-9H2,1-2H3,(H,24,25). The Morgan fingerprint density at radius 2 is 1.83 bits per heavy atom. The summed E-state index contributed by atoms with van der Waals surface area (Å²) in [6.07, 6.45) is 0.945. The summed E-state index contributed by atoms with van der Waals surface area (Å²) in [6.45, 7) is -0.00758. The molecular formula is C22H24N4O4. The number of imidazole rings is 1. The number of amidine groups is 1. The molecule has 0 amide bonds. The van der Waals surface area contributed by atoms with E-state index in [4.69, 9.17) is 14.9 Å². The van der Waals surface area contributed by atoms with Gasteiger partial charge in [0.15, 0.2) is 0 Å². The molecular weight excluding hydrogens is 384 g/mol. The summed E-state index contributed by atoms with van der Waals surface area (Å²) in [5, 5.41) is 29.3. The van der Waals surface area contributed by atoms with Gasteiger partial charge in [-0.1, -0.05) is 12.1 Å². The number of aliphatic hydroxyl groups excluding tert-OH is 2. The number of ether oxygens (including phenoxy) is 2. The number of aromatic amines is 1. The van der Waals surface area contributed by atoms with Crippen LogP contribution >= 0.6 is 0 Å². The molecule has 0 bridgehead atoms. The molecule has 2 heterocycles. The van der Waals surface area contributed by atoms with Gasteiger partial charge in [0.25, 0.3) is 0 Å². The summed E-state index contributed by atoms with van der Waals surface area (Å²) in [4.78, 5) is 9.48. The minimum Gasteiger partial charge on any atom is -0.509 e. The SMILES string of the molecule is COc1cc(OC)cc(N2C(=N)C(c3nc4ccccc4[nH]3)=C(O)C2CCCO)c1. The Kier molecular flexibility index (Phi) is 5.33. The molecule has 0 radical (unpaired) electrons. The topological polar surface area (TPSA) is 115 Å². The van der Waals surface area contributed by atoms with Crippen molar-refractivity contribution >= 4 is 28.1 Å². The zero-order valence-corrected chi connectivity index (χ0v) is 16.8. The molecule has 0 aliphatic carbocycles. The second kappa shape index (κ2) is 8.08. The first-order chi connectivity index (χ1) is 14.6. The molecule has 8 nitrogen and oxygen atoms in total. The lowest BCUT2D eigenvalue weighted by Crippen LogP contribution is -2.35. The number of hydrogen-bond acceptors (Lipinski definition) is 6. The Morgan fingerprint density at radius 3 is 2.47 bits per heavy atom. The van der Waals surface area contributed by atoms with Gasteiger partial charge in [0, 0.05) is 24.8 Å². The number of para-hydroxylation sites is 2. The molecule has 2 aromatic carbocycles. The van der Waals surface area contributed by atoms with Crippen molar-refractivity contribution in [1.82, 2.24) is 9.97 Å². The number of aromatic nitrogens is 2. The fourth-order valence-corrected chi connectivity index (χ4v) is 3.78. The normalized spacial score (nSPS) is 16.6. The number of hydrogen-bond donors (Lipinski definition) is 4. The lowest BCUT2D eigenvalue weighted by molar-refractivity contribution is 0.275. The number of rotatable bonds is 7. The average molecular weight is 408 g/mol. The molecule has 0 spiro atoms. The second-order valence-corrected chi connectivity index (χ2v) is 7.03. The maximum atomic E-state index is 11.1. The number of aliphatic hydroxyl groups is 2. The highest BCUT2D eigenvalue weighted by atomic mass is 16.5. The molecule has 4 N–H and O–H groups in total. The van der Waals surface area contributed by atoms with E-state index in [0.717, 1.165) is 11.0 Å². The van der Waals surface area contributed by atoms with Gasteiger partial charge in [-0.05, 0) is 25.0 Å². The molecule has 8 heteroatoms. The number of nitrogens with one attached hydrogen (secondary N) is 2. The van der Waals surface area contributed by atoms with Crippen molar-refractivity contribution in [3.8, 4) is 11.5 Å².